The number of rotatable bonds is 4. The Morgan fingerprint density at radius 3 is 0.966 bits per heavy atom. The zero-order chi connectivity index (χ0) is 22.7. The minimum absolute atomic E-state index is 0.0277. The summed E-state index contributed by atoms with van der Waals surface area (Å²) in [5, 5.41) is 40.1. The Balaban J connectivity index is 0.000000477. The average molecular weight is 403 g/mol. The van der Waals surface area contributed by atoms with Crippen molar-refractivity contribution in [2.45, 2.75) is 13.8 Å². The molecule has 10 nitrogen and oxygen atoms in total. The van der Waals surface area contributed by atoms with E-state index in [4.69, 9.17) is 30.6 Å². The van der Waals surface area contributed by atoms with Crippen molar-refractivity contribution < 1.29 is 44.4 Å². The summed E-state index contributed by atoms with van der Waals surface area (Å²) in [4.78, 5) is 50.8. The maximum atomic E-state index is 10.6. The highest BCUT2D eigenvalue weighted by Crippen LogP contribution is 2.14. The molecule has 0 heterocycles. The summed E-state index contributed by atoms with van der Waals surface area (Å²) in [6.45, 7) is 2.96. The lowest BCUT2D eigenvalue weighted by Gasteiger charge is -2.03. The van der Waals surface area contributed by atoms with E-state index < -0.39 is 23.9 Å². The minimum Gasteiger partial charge on any atom is -0.478 e. The van der Waals surface area contributed by atoms with E-state index in [1.54, 1.807) is 0 Å². The molecule has 10 heteroatoms. The molecule has 0 saturated carbocycles. The molecule has 0 aliphatic heterocycles. The number of carboxylic acid groups (broad SMARTS) is 4. The van der Waals surface area contributed by atoms with E-state index >= 15 is 0 Å². The molecule has 152 valence electrons. The average Bonchev–Trinajstić information content (AvgIpc) is 2.62. The summed E-state index contributed by atoms with van der Waals surface area (Å²) in [6.07, 6.45) is 0.750. The quantitative estimate of drug-likeness (QED) is 0.377. The molecular weight excluding hydrogens is 386 g/mol. The van der Waals surface area contributed by atoms with Gasteiger partial charge in [0.25, 0.3) is 0 Å². The summed E-state index contributed by atoms with van der Waals surface area (Å²) in [5.41, 5.74) is 0.671. The number of carboxylic acids is 4. The molecule has 0 aliphatic carbocycles. The Morgan fingerprint density at radius 2 is 0.828 bits per heavy atom. The molecule has 0 aromatic heterocycles. The molecule has 2 aromatic carbocycles. The first-order valence-electron chi connectivity index (χ1n) is 7.65. The number of nitrogens with one attached hydrogen (secondary N) is 1. The third-order valence-electron chi connectivity index (χ3n) is 3.59. The first kappa shape index (κ1) is 24.7. The maximum Gasteiger partial charge on any atom is 0.335 e. The first-order chi connectivity index (χ1) is 13.5. The number of carbonyl (C=O) groups excluding carboxylic acids is 1. The van der Waals surface area contributed by atoms with Crippen molar-refractivity contribution in [2.75, 3.05) is 0 Å². The van der Waals surface area contributed by atoms with Crippen molar-refractivity contribution in [1.82, 2.24) is 0 Å². The number of hydrogen-bond acceptors (Lipinski definition) is 6. The van der Waals surface area contributed by atoms with Gasteiger partial charge in [0.1, 0.15) is 0 Å². The molecule has 0 radical (unpaired) electrons. The van der Waals surface area contributed by atoms with Crippen molar-refractivity contribution in [1.29, 1.82) is 5.41 Å². The topological polar surface area (TPSA) is 190 Å². The van der Waals surface area contributed by atoms with E-state index in [9.17, 15) is 19.2 Å². The first-order valence-corrected chi connectivity index (χ1v) is 7.65. The van der Waals surface area contributed by atoms with Crippen LogP contribution < -0.4 is 0 Å². The van der Waals surface area contributed by atoms with Gasteiger partial charge in [0.05, 0.1) is 22.3 Å². The summed E-state index contributed by atoms with van der Waals surface area (Å²) in [7, 11) is 0. The van der Waals surface area contributed by atoms with Crippen LogP contribution in [0.3, 0.4) is 0 Å². The standard InChI is InChI=1S/2C9H8O4.CHNO/c2*1-5-6(8(10)11)3-2-4-7(5)9(12)13;2-1-3/h2*2-4H,1H3,(H,10,11)(H,12,13);2H. The number of isocyanates is 1. The van der Waals surface area contributed by atoms with Gasteiger partial charge in [-0.15, -0.1) is 0 Å². The number of aromatic carboxylic acids is 4. The van der Waals surface area contributed by atoms with E-state index in [0.717, 1.165) is 6.08 Å². The highest BCUT2D eigenvalue weighted by molar-refractivity contribution is 5.97. The predicted molar refractivity (Wildman–Crippen MR) is 98.6 cm³/mol. The van der Waals surface area contributed by atoms with Crippen LogP contribution in [-0.4, -0.2) is 50.4 Å². The molecule has 0 spiro atoms. The molecule has 2 aromatic rings. The van der Waals surface area contributed by atoms with Crippen LogP contribution >= 0.6 is 0 Å². The van der Waals surface area contributed by atoms with E-state index in [0.29, 0.717) is 0 Å². The van der Waals surface area contributed by atoms with Gasteiger partial charge in [-0.05, 0) is 49.2 Å². The van der Waals surface area contributed by atoms with Gasteiger partial charge in [-0.2, -0.15) is 0 Å². The smallest absolute Gasteiger partial charge is 0.335 e. The normalized spacial score (nSPS) is 8.90. The highest BCUT2D eigenvalue weighted by atomic mass is 16.4. The van der Waals surface area contributed by atoms with Gasteiger partial charge in [0, 0.05) is 0 Å². The highest BCUT2D eigenvalue weighted by Gasteiger charge is 2.14. The molecule has 0 bridgehead atoms. The van der Waals surface area contributed by atoms with E-state index in [1.807, 2.05) is 0 Å². The zero-order valence-electron chi connectivity index (χ0n) is 15.3. The summed E-state index contributed by atoms with van der Waals surface area (Å²) >= 11 is 0. The van der Waals surface area contributed by atoms with Crippen molar-refractivity contribution >= 4 is 30.0 Å². The molecule has 5 N–H and O–H groups in total. The number of benzene rings is 2. The van der Waals surface area contributed by atoms with Crippen molar-refractivity contribution in [3.8, 4) is 0 Å². The maximum absolute atomic E-state index is 10.6. The monoisotopic (exact) mass is 403 g/mol. The van der Waals surface area contributed by atoms with Gasteiger partial charge in [-0.3, -0.25) is 0 Å². The van der Waals surface area contributed by atoms with Gasteiger partial charge >= 0.3 is 23.9 Å². The van der Waals surface area contributed by atoms with E-state index in [2.05, 4.69) is 0 Å². The fourth-order valence-electron chi connectivity index (χ4n) is 2.20. The van der Waals surface area contributed by atoms with Crippen LogP contribution in [0.25, 0.3) is 0 Å². The SMILES string of the molecule is Cc1c(C(=O)O)cccc1C(=O)O.Cc1c(C(=O)O)cccc1C(=O)O.N=C=O. The Hall–Kier alpha value is -4.30. The van der Waals surface area contributed by atoms with Crippen LogP contribution in [0.15, 0.2) is 36.4 Å². The third-order valence-corrected chi connectivity index (χ3v) is 3.59. The molecule has 0 amide bonds. The lowest BCUT2D eigenvalue weighted by molar-refractivity contribution is 0.0674. The Kier molecular flexibility index (Phi) is 9.73. The molecule has 0 saturated heterocycles. The third kappa shape index (κ3) is 7.08. The predicted octanol–water partition coefficient (Wildman–Crippen LogP) is 2.68. The zero-order valence-corrected chi connectivity index (χ0v) is 15.3. The van der Waals surface area contributed by atoms with Crippen LogP contribution in [-0.2, 0) is 4.79 Å². The number of carbonyl (C=O) groups is 4. The Labute approximate surface area is 164 Å². The summed E-state index contributed by atoms with van der Waals surface area (Å²) < 4.78 is 0. The van der Waals surface area contributed by atoms with Crippen LogP contribution in [0.5, 0.6) is 0 Å². The van der Waals surface area contributed by atoms with Crippen LogP contribution in [0.1, 0.15) is 52.6 Å². The van der Waals surface area contributed by atoms with Gasteiger partial charge in [0.2, 0.25) is 6.08 Å². The largest absolute Gasteiger partial charge is 0.478 e. The number of hydrogen-bond donors (Lipinski definition) is 5. The van der Waals surface area contributed by atoms with Gasteiger partial charge in [-0.1, -0.05) is 12.1 Å². The minimum atomic E-state index is -1.11. The molecule has 0 fully saturated rings. The molecular formula is C19H17NO9. The van der Waals surface area contributed by atoms with Gasteiger partial charge in [-0.25, -0.2) is 29.4 Å². The summed E-state index contributed by atoms with van der Waals surface area (Å²) in [6, 6.07) is 8.35. The van der Waals surface area contributed by atoms with Gasteiger partial charge < -0.3 is 20.4 Å². The molecule has 0 aliphatic rings. The second-order valence-electron chi connectivity index (χ2n) is 5.28. The van der Waals surface area contributed by atoms with Crippen molar-refractivity contribution in [3.05, 3.63) is 69.8 Å². The molecule has 2 rings (SSSR count). The van der Waals surface area contributed by atoms with E-state index in [1.165, 1.54) is 50.2 Å². The molecule has 0 atom stereocenters. The molecule has 0 unspecified atom stereocenters. The second-order valence-corrected chi connectivity index (χ2v) is 5.28. The lowest BCUT2D eigenvalue weighted by atomic mass is 10.0. The lowest BCUT2D eigenvalue weighted by Crippen LogP contribution is -2.06. The van der Waals surface area contributed by atoms with E-state index in [-0.39, 0.29) is 33.4 Å². The molecule has 29 heavy (non-hydrogen) atoms. The van der Waals surface area contributed by atoms with Crippen LogP contribution in [0.2, 0.25) is 0 Å². The van der Waals surface area contributed by atoms with Gasteiger partial charge in [0.15, 0.2) is 0 Å². The fourth-order valence-corrected chi connectivity index (χ4v) is 2.20. The van der Waals surface area contributed by atoms with Crippen molar-refractivity contribution in [3.63, 3.8) is 0 Å². The Morgan fingerprint density at radius 1 is 0.655 bits per heavy atom. The van der Waals surface area contributed by atoms with Crippen molar-refractivity contribution in [2.24, 2.45) is 0 Å². The fraction of sp³-hybridized carbons (Fsp3) is 0.105. The Bertz CT molecular complexity index is 836. The van der Waals surface area contributed by atoms with Crippen LogP contribution in [0, 0.1) is 19.3 Å². The summed E-state index contributed by atoms with van der Waals surface area (Å²) in [5.74, 6) is -4.44. The van der Waals surface area contributed by atoms with Crippen LogP contribution in [0.4, 0.5) is 0 Å². The second kappa shape index (κ2) is 11.4.